The van der Waals surface area contributed by atoms with Gasteiger partial charge in [0.2, 0.25) is 0 Å². The van der Waals surface area contributed by atoms with Crippen LogP contribution in [0.2, 0.25) is 5.02 Å². The smallest absolute Gasteiger partial charge is 0.748 e. The van der Waals surface area contributed by atoms with Gasteiger partial charge in [-0.1, -0.05) is 48.0 Å². The van der Waals surface area contributed by atoms with Crippen molar-refractivity contribution in [1.82, 2.24) is 0 Å². The van der Waals surface area contributed by atoms with Crippen molar-refractivity contribution in [2.24, 2.45) is 0 Å². The third-order valence-corrected chi connectivity index (χ3v) is 6.97. The van der Waals surface area contributed by atoms with E-state index in [0.29, 0.717) is 22.0 Å². The molecule has 1 heterocycles. The van der Waals surface area contributed by atoms with E-state index in [-0.39, 0.29) is 88.8 Å². The zero-order chi connectivity index (χ0) is 28.7. The van der Waals surface area contributed by atoms with Gasteiger partial charge in [0.1, 0.15) is 5.82 Å². The number of carbonyl (C=O) groups is 1. The van der Waals surface area contributed by atoms with Gasteiger partial charge in [-0.25, -0.2) is 8.42 Å². The molecule has 9 nitrogen and oxygen atoms in total. The molecule has 0 unspecified atom stereocenters. The SMILES string of the molecule is C/C(C#N)=C(/C(C#N)=C/C=C/C=C1\N(C)c2ccc(Cl)cc2N1CCCS(=O)(=O)[O-])c1ccc(C(=O)[O-])cc1.[Na+].[Na+]. The second-order valence-electron chi connectivity index (χ2n) is 8.54. The van der Waals surface area contributed by atoms with Crippen molar-refractivity contribution in [3.05, 3.63) is 99.9 Å². The number of fused-ring (bicyclic) bond motifs is 1. The van der Waals surface area contributed by atoms with Gasteiger partial charge in [-0.2, -0.15) is 10.5 Å². The Labute approximate surface area is 289 Å². The van der Waals surface area contributed by atoms with Gasteiger partial charge in [0.05, 0.1) is 45.2 Å². The van der Waals surface area contributed by atoms with Crippen LogP contribution in [0.5, 0.6) is 0 Å². The molecule has 0 spiro atoms. The molecule has 0 N–H and O–H groups in total. The molecule has 0 atom stereocenters. The van der Waals surface area contributed by atoms with Crippen LogP contribution in [0.25, 0.3) is 5.57 Å². The van der Waals surface area contributed by atoms with Crippen molar-refractivity contribution in [1.29, 1.82) is 10.5 Å². The Morgan fingerprint density at radius 3 is 2.22 bits per heavy atom. The van der Waals surface area contributed by atoms with Crippen LogP contribution in [0.3, 0.4) is 0 Å². The number of rotatable bonds is 9. The zero-order valence-corrected chi connectivity index (χ0v) is 28.7. The minimum atomic E-state index is -4.36. The number of nitriles is 2. The van der Waals surface area contributed by atoms with E-state index in [2.05, 4.69) is 6.07 Å². The van der Waals surface area contributed by atoms with E-state index in [1.165, 1.54) is 30.3 Å². The summed E-state index contributed by atoms with van der Waals surface area (Å²) in [5, 5.41) is 30.9. The number of halogens is 1. The molecule has 2 aromatic carbocycles. The van der Waals surface area contributed by atoms with Crippen molar-refractivity contribution in [3.63, 3.8) is 0 Å². The summed E-state index contributed by atoms with van der Waals surface area (Å²) in [6.07, 6.45) is 6.72. The first-order valence-electron chi connectivity index (χ1n) is 11.6. The Bertz CT molecular complexity index is 1610. The average Bonchev–Trinajstić information content (AvgIpc) is 3.14. The standard InChI is InChI=1S/C28H25ClN4O5S.2Na/c1-19(17-30)27(20-8-10-21(11-9-20)28(34)35)22(18-31)6-3-4-7-26-32(2)24-13-12-23(29)16-25(24)33(26)14-5-15-39(36,37)38;;/h3-4,6-13,16H,5,14-15H2,1-2H3,(H,34,35)(H,36,37,38);;/q;2*+1/p-2/b4-3+,22-6+,26-7+,27-19-;;. The van der Waals surface area contributed by atoms with Crippen LogP contribution in [0, 0.1) is 22.7 Å². The fourth-order valence-electron chi connectivity index (χ4n) is 4.13. The van der Waals surface area contributed by atoms with E-state index in [1.807, 2.05) is 29.0 Å². The van der Waals surface area contributed by atoms with Crippen molar-refractivity contribution in [3.8, 4) is 12.1 Å². The summed E-state index contributed by atoms with van der Waals surface area (Å²) in [6, 6.07) is 15.2. The van der Waals surface area contributed by atoms with Crippen molar-refractivity contribution in [2.75, 3.05) is 29.1 Å². The molecule has 0 saturated heterocycles. The topological polar surface area (TPSA) is 151 Å². The summed E-state index contributed by atoms with van der Waals surface area (Å²) in [7, 11) is -2.53. The van der Waals surface area contributed by atoms with E-state index < -0.39 is 21.8 Å². The molecular formula is C28H23ClN4Na2O5S. The van der Waals surface area contributed by atoms with Crippen LogP contribution in [-0.4, -0.2) is 38.3 Å². The van der Waals surface area contributed by atoms with E-state index in [0.717, 1.165) is 11.4 Å². The second kappa shape index (κ2) is 16.3. The summed E-state index contributed by atoms with van der Waals surface area (Å²) in [6.45, 7) is 1.82. The zero-order valence-electron chi connectivity index (χ0n) is 23.1. The third kappa shape index (κ3) is 9.59. The second-order valence-corrected chi connectivity index (χ2v) is 10.5. The van der Waals surface area contributed by atoms with Gasteiger partial charge >= 0.3 is 59.1 Å². The summed E-state index contributed by atoms with van der Waals surface area (Å²) in [5.41, 5.74) is 2.91. The van der Waals surface area contributed by atoms with Gasteiger partial charge in [-0.15, -0.1) is 0 Å². The number of nitrogens with zero attached hydrogens (tertiary/aromatic N) is 4. The number of benzene rings is 2. The molecule has 0 radical (unpaired) electrons. The first-order valence-corrected chi connectivity index (χ1v) is 13.6. The van der Waals surface area contributed by atoms with Crippen LogP contribution >= 0.6 is 11.6 Å². The fraction of sp³-hybridized carbons (Fsp3) is 0.179. The van der Waals surface area contributed by atoms with Crippen molar-refractivity contribution < 1.29 is 82.0 Å². The Hall–Kier alpha value is -2.35. The van der Waals surface area contributed by atoms with Crippen LogP contribution in [-0.2, 0) is 10.1 Å². The number of carbonyl (C=O) groups excluding carboxylic acids is 1. The number of hydrogen-bond acceptors (Lipinski definition) is 9. The molecular weight excluding hydrogens is 586 g/mol. The van der Waals surface area contributed by atoms with Crippen LogP contribution in [0.4, 0.5) is 11.4 Å². The maximum absolute atomic E-state index is 11.1. The van der Waals surface area contributed by atoms with E-state index >= 15 is 0 Å². The van der Waals surface area contributed by atoms with Gasteiger partial charge in [-0.3, -0.25) is 0 Å². The van der Waals surface area contributed by atoms with Crippen molar-refractivity contribution in [2.45, 2.75) is 13.3 Å². The largest absolute Gasteiger partial charge is 1.00 e. The Balaban J connectivity index is 0.00000420. The normalized spacial score (nSPS) is 14.5. The molecule has 3 rings (SSSR count). The van der Waals surface area contributed by atoms with Gasteiger partial charge in [-0.05, 0) is 54.8 Å². The van der Waals surface area contributed by atoms with Crippen LogP contribution in [0.15, 0.2) is 83.7 Å². The molecule has 200 valence electrons. The number of anilines is 2. The minimum Gasteiger partial charge on any atom is -0.748 e. The van der Waals surface area contributed by atoms with Crippen LogP contribution < -0.4 is 74.0 Å². The molecule has 0 aromatic heterocycles. The molecule has 0 saturated carbocycles. The monoisotopic (exact) mass is 608 g/mol. The van der Waals surface area contributed by atoms with Gasteiger partial charge in [0.25, 0.3) is 0 Å². The molecule has 2 aromatic rings. The number of aromatic carboxylic acids is 1. The quantitative estimate of drug-likeness (QED) is 0.133. The number of hydrogen-bond donors (Lipinski definition) is 0. The number of allylic oxidation sites excluding steroid dienone is 7. The molecule has 1 aliphatic rings. The van der Waals surface area contributed by atoms with Crippen molar-refractivity contribution >= 4 is 44.6 Å². The van der Waals surface area contributed by atoms with E-state index in [9.17, 15) is 33.4 Å². The summed E-state index contributed by atoms with van der Waals surface area (Å²) < 4.78 is 33.3. The van der Waals surface area contributed by atoms with E-state index in [1.54, 1.807) is 37.3 Å². The summed E-state index contributed by atoms with van der Waals surface area (Å²) in [4.78, 5) is 14.8. The van der Waals surface area contributed by atoms with Crippen LogP contribution in [0.1, 0.15) is 29.3 Å². The van der Waals surface area contributed by atoms with Gasteiger partial charge in [0.15, 0.2) is 0 Å². The molecule has 0 bridgehead atoms. The number of carboxylic acid groups (broad SMARTS) is 1. The molecule has 41 heavy (non-hydrogen) atoms. The summed E-state index contributed by atoms with van der Waals surface area (Å²) >= 11 is 6.19. The summed E-state index contributed by atoms with van der Waals surface area (Å²) in [5.74, 6) is -1.14. The molecule has 1 aliphatic heterocycles. The average molecular weight is 609 g/mol. The molecule has 0 amide bonds. The Kier molecular flexibility index (Phi) is 14.6. The predicted molar refractivity (Wildman–Crippen MR) is 146 cm³/mol. The predicted octanol–water partition coefficient (Wildman–Crippen LogP) is -2.25. The third-order valence-electron chi connectivity index (χ3n) is 5.95. The van der Waals surface area contributed by atoms with Gasteiger partial charge < -0.3 is 24.3 Å². The minimum absolute atomic E-state index is 0. The van der Waals surface area contributed by atoms with Gasteiger partial charge in [0, 0.05) is 35.5 Å². The molecule has 13 heteroatoms. The number of carboxylic acids is 1. The molecule has 0 fully saturated rings. The first-order chi connectivity index (χ1) is 18.5. The maximum atomic E-state index is 11.1. The Morgan fingerprint density at radius 2 is 1.66 bits per heavy atom. The molecule has 0 aliphatic carbocycles. The van der Waals surface area contributed by atoms with E-state index in [4.69, 9.17) is 11.6 Å². The maximum Gasteiger partial charge on any atom is 1.00 e. The first kappa shape index (κ1) is 36.7. The Morgan fingerprint density at radius 1 is 1.02 bits per heavy atom. The fourth-order valence-corrected chi connectivity index (χ4v) is 4.78.